The Morgan fingerprint density at radius 2 is 1.82 bits per heavy atom. The molecule has 0 radical (unpaired) electrons. The lowest BCUT2D eigenvalue weighted by Gasteiger charge is -2.35. The maximum atomic E-state index is 13.0. The van der Waals surface area contributed by atoms with Gasteiger partial charge in [-0.05, 0) is 86.8 Å². The summed E-state index contributed by atoms with van der Waals surface area (Å²) in [7, 11) is 4.00. The van der Waals surface area contributed by atoms with Gasteiger partial charge in [-0.15, -0.1) is 0 Å². The zero-order chi connectivity index (χ0) is 28.9. The summed E-state index contributed by atoms with van der Waals surface area (Å²) in [4.78, 5) is 39.4. The first-order valence-corrected chi connectivity index (χ1v) is 14.1. The Labute approximate surface area is 237 Å². The number of hydrogen-bond donors (Lipinski definition) is 3. The quantitative estimate of drug-likeness (QED) is 0.387. The van der Waals surface area contributed by atoms with E-state index in [-0.39, 0.29) is 29.2 Å². The maximum Gasteiger partial charge on any atom is 0.253 e. The van der Waals surface area contributed by atoms with Crippen LogP contribution < -0.4 is 10.8 Å². The summed E-state index contributed by atoms with van der Waals surface area (Å²) in [6.07, 6.45) is 7.11. The number of piperidine rings is 1. The average Bonchev–Trinajstić information content (AvgIpc) is 2.92. The highest BCUT2D eigenvalue weighted by atomic mass is 16.2. The normalized spacial score (nSPS) is 17.4. The number of aromatic nitrogens is 1. The molecule has 9 heteroatoms. The third-order valence-electron chi connectivity index (χ3n) is 7.60. The van der Waals surface area contributed by atoms with Gasteiger partial charge in [0.2, 0.25) is 11.9 Å². The second-order valence-electron chi connectivity index (χ2n) is 12.1. The van der Waals surface area contributed by atoms with Crippen molar-refractivity contribution in [2.45, 2.75) is 52.5 Å². The highest BCUT2D eigenvalue weighted by molar-refractivity contribution is 5.96. The minimum absolute atomic E-state index is 0.00962. The van der Waals surface area contributed by atoms with Crippen LogP contribution in [0.5, 0.6) is 0 Å². The van der Waals surface area contributed by atoms with Crippen molar-refractivity contribution in [3.8, 4) is 0 Å². The molecule has 3 N–H and O–H groups in total. The lowest BCUT2D eigenvalue weighted by molar-refractivity contribution is -0.132. The standard InChI is InChI=1S/C31H43N7O2/c1-31(2,3)21-27(39)38-19-12-22(13-20-38)26-7-6-16-33-28(26)35-30(32)34-24-10-8-23(9-11-24)29(40)37(5)25-14-17-36(4)18-15-25/h6-12,16,25H,13-15,17-21H2,1-5H3,(H3,32,33,34,35). The highest BCUT2D eigenvalue weighted by Gasteiger charge is 2.25. The monoisotopic (exact) mass is 545 g/mol. The number of amides is 2. The van der Waals surface area contributed by atoms with Crippen LogP contribution in [0.4, 0.5) is 5.69 Å². The van der Waals surface area contributed by atoms with Crippen LogP contribution in [0.15, 0.2) is 53.7 Å². The molecule has 40 heavy (non-hydrogen) atoms. The van der Waals surface area contributed by atoms with Gasteiger partial charge in [0.1, 0.15) is 5.49 Å². The van der Waals surface area contributed by atoms with Gasteiger partial charge < -0.3 is 25.0 Å². The summed E-state index contributed by atoms with van der Waals surface area (Å²) in [6, 6.07) is 11.4. The SMILES string of the molecule is CN1CCC(N(C)C(=O)c2ccc(NC(=N)/N=c3\[nH]cccc3C3=CCN(C(=O)CC(C)(C)C)CC3)cc2)CC1. The number of aromatic amines is 1. The molecule has 2 aliphatic heterocycles. The van der Waals surface area contributed by atoms with Crippen molar-refractivity contribution in [1.82, 2.24) is 19.7 Å². The molecule has 0 spiro atoms. The molecule has 2 aliphatic rings. The molecule has 9 nitrogen and oxygen atoms in total. The first-order chi connectivity index (χ1) is 19.0. The number of carbonyl (C=O) groups is 2. The summed E-state index contributed by atoms with van der Waals surface area (Å²) >= 11 is 0. The molecular formula is C31H43N7O2. The van der Waals surface area contributed by atoms with Crippen molar-refractivity contribution < 1.29 is 9.59 Å². The fourth-order valence-corrected chi connectivity index (χ4v) is 5.21. The van der Waals surface area contributed by atoms with Gasteiger partial charge in [0.05, 0.1) is 0 Å². The Hall–Kier alpha value is -3.72. The number of pyridine rings is 1. The number of nitrogens with one attached hydrogen (secondary N) is 3. The summed E-state index contributed by atoms with van der Waals surface area (Å²) in [5.74, 6) is 0.188. The number of carbonyl (C=O) groups excluding carboxylic acids is 2. The summed E-state index contributed by atoms with van der Waals surface area (Å²) in [5, 5.41) is 11.5. The van der Waals surface area contributed by atoms with Crippen LogP contribution in [0.25, 0.3) is 5.57 Å². The number of nitrogens with zero attached hydrogens (tertiary/aromatic N) is 4. The molecule has 0 atom stereocenters. The van der Waals surface area contributed by atoms with Crippen LogP contribution in [0.3, 0.4) is 0 Å². The molecule has 1 fully saturated rings. The van der Waals surface area contributed by atoms with Crippen molar-refractivity contribution in [3.05, 3.63) is 65.3 Å². The number of guanidine groups is 1. The predicted molar refractivity (Wildman–Crippen MR) is 160 cm³/mol. The van der Waals surface area contributed by atoms with Crippen LogP contribution in [0.1, 0.15) is 62.4 Å². The van der Waals surface area contributed by atoms with E-state index < -0.39 is 0 Å². The molecule has 0 aliphatic carbocycles. The second kappa shape index (κ2) is 12.6. The van der Waals surface area contributed by atoms with E-state index in [0.717, 1.165) is 43.5 Å². The van der Waals surface area contributed by atoms with Crippen LogP contribution in [-0.4, -0.2) is 83.8 Å². The number of hydrogen-bond acceptors (Lipinski definition) is 4. The van der Waals surface area contributed by atoms with E-state index >= 15 is 0 Å². The molecule has 2 amide bonds. The van der Waals surface area contributed by atoms with Crippen molar-refractivity contribution in [3.63, 3.8) is 0 Å². The molecule has 0 saturated carbocycles. The highest BCUT2D eigenvalue weighted by Crippen LogP contribution is 2.24. The minimum Gasteiger partial charge on any atom is -0.346 e. The van der Waals surface area contributed by atoms with E-state index in [1.807, 2.05) is 41.1 Å². The van der Waals surface area contributed by atoms with E-state index in [2.05, 4.69) is 54.1 Å². The van der Waals surface area contributed by atoms with Crippen LogP contribution in [0, 0.1) is 10.8 Å². The lowest BCUT2D eigenvalue weighted by Crippen LogP contribution is -2.44. The van der Waals surface area contributed by atoms with Gasteiger partial charge in [0, 0.05) is 55.6 Å². The van der Waals surface area contributed by atoms with Crippen molar-refractivity contribution in [1.29, 1.82) is 5.41 Å². The maximum absolute atomic E-state index is 13.0. The Kier molecular flexibility index (Phi) is 9.25. The predicted octanol–water partition coefficient (Wildman–Crippen LogP) is 4.18. The van der Waals surface area contributed by atoms with Crippen LogP contribution in [-0.2, 0) is 4.79 Å². The molecule has 1 aromatic heterocycles. The molecule has 1 saturated heterocycles. The van der Waals surface area contributed by atoms with E-state index in [9.17, 15) is 9.59 Å². The Balaban J connectivity index is 1.40. The third kappa shape index (κ3) is 7.69. The van der Waals surface area contributed by atoms with E-state index in [0.29, 0.717) is 36.2 Å². The summed E-state index contributed by atoms with van der Waals surface area (Å²) < 4.78 is 0. The largest absolute Gasteiger partial charge is 0.346 e. The third-order valence-corrected chi connectivity index (χ3v) is 7.60. The second-order valence-corrected chi connectivity index (χ2v) is 12.1. The van der Waals surface area contributed by atoms with Crippen LogP contribution >= 0.6 is 0 Å². The number of rotatable bonds is 5. The van der Waals surface area contributed by atoms with Gasteiger partial charge in [0.15, 0.2) is 0 Å². The van der Waals surface area contributed by atoms with Crippen molar-refractivity contribution in [2.75, 3.05) is 45.6 Å². The van der Waals surface area contributed by atoms with Crippen LogP contribution in [0.2, 0.25) is 0 Å². The van der Waals surface area contributed by atoms with E-state index in [1.54, 1.807) is 18.3 Å². The number of benzene rings is 1. The van der Waals surface area contributed by atoms with Gasteiger partial charge in [-0.2, -0.15) is 4.99 Å². The molecule has 3 heterocycles. The Morgan fingerprint density at radius 1 is 1.12 bits per heavy atom. The van der Waals surface area contributed by atoms with Crippen molar-refractivity contribution in [2.24, 2.45) is 10.4 Å². The molecule has 2 aromatic rings. The fraction of sp³-hybridized carbons (Fsp3) is 0.484. The number of anilines is 1. The zero-order valence-corrected chi connectivity index (χ0v) is 24.5. The first kappa shape index (κ1) is 29.3. The zero-order valence-electron chi connectivity index (χ0n) is 24.5. The Morgan fingerprint density at radius 3 is 2.45 bits per heavy atom. The van der Waals surface area contributed by atoms with Gasteiger partial charge in [-0.25, -0.2) is 0 Å². The molecule has 4 rings (SSSR count). The minimum atomic E-state index is -0.0342. The van der Waals surface area contributed by atoms with E-state index in [1.165, 1.54) is 0 Å². The van der Waals surface area contributed by atoms with Gasteiger partial charge in [-0.3, -0.25) is 15.0 Å². The van der Waals surface area contributed by atoms with Gasteiger partial charge in [0.25, 0.3) is 5.91 Å². The fourth-order valence-electron chi connectivity index (χ4n) is 5.21. The first-order valence-electron chi connectivity index (χ1n) is 14.1. The topological polar surface area (TPSA) is 108 Å². The molecule has 214 valence electrons. The summed E-state index contributed by atoms with van der Waals surface area (Å²) in [5.41, 5.74) is 3.91. The number of likely N-dealkylation sites (tertiary alicyclic amines) is 1. The van der Waals surface area contributed by atoms with E-state index in [4.69, 9.17) is 5.41 Å². The molecular weight excluding hydrogens is 502 g/mol. The molecule has 0 unspecified atom stereocenters. The summed E-state index contributed by atoms with van der Waals surface area (Å²) in [6.45, 7) is 9.49. The molecule has 0 bridgehead atoms. The Bertz CT molecular complexity index is 1310. The molecule has 1 aromatic carbocycles. The van der Waals surface area contributed by atoms with Gasteiger partial charge >= 0.3 is 0 Å². The van der Waals surface area contributed by atoms with Gasteiger partial charge in [-0.1, -0.05) is 26.8 Å². The average molecular weight is 546 g/mol. The van der Waals surface area contributed by atoms with Crippen molar-refractivity contribution >= 4 is 29.0 Å². The number of H-pyrrole nitrogens is 1. The smallest absolute Gasteiger partial charge is 0.253 e. The lowest BCUT2D eigenvalue weighted by atomic mass is 9.91.